The molecule has 7 atom stereocenters. The van der Waals surface area contributed by atoms with E-state index in [0.29, 0.717) is 0 Å². The van der Waals surface area contributed by atoms with Crippen molar-refractivity contribution in [1.82, 2.24) is 14.6 Å². The second kappa shape index (κ2) is 12.9. The van der Waals surface area contributed by atoms with Gasteiger partial charge < -0.3 is 23.8 Å². The fourth-order valence-electron chi connectivity index (χ4n) is 3.46. The summed E-state index contributed by atoms with van der Waals surface area (Å²) in [5, 5.41) is 13.3. The molecule has 0 spiro atoms. The number of carbonyl (C=O) groups is 1. The van der Waals surface area contributed by atoms with Crippen LogP contribution in [0.25, 0.3) is 0 Å². The molecule has 1 aromatic heterocycles. The van der Waals surface area contributed by atoms with Gasteiger partial charge in [-0.2, -0.15) is 5.09 Å². The quantitative estimate of drug-likeness (QED) is 0.176. The number of halogens is 2. The first-order chi connectivity index (χ1) is 17.9. The Kier molecular flexibility index (Phi) is 10.3. The number of hydrogen-bond acceptors (Lipinski definition) is 10. The Balaban J connectivity index is 1.78. The lowest BCUT2D eigenvalue weighted by Gasteiger charge is -2.25. The molecule has 1 aliphatic rings. The van der Waals surface area contributed by atoms with Crippen LogP contribution >= 0.6 is 35.3 Å². The van der Waals surface area contributed by atoms with Gasteiger partial charge in [0.1, 0.15) is 30.1 Å². The first-order valence-corrected chi connectivity index (χ1v) is 14.1. The summed E-state index contributed by atoms with van der Waals surface area (Å²) in [5.41, 5.74) is -1.45. The monoisotopic (exact) mass is 639 g/mol. The number of aromatic nitrogens is 2. The molecule has 0 radical (unpaired) electrons. The third-order valence-corrected chi connectivity index (χ3v) is 8.20. The molecule has 0 amide bonds. The molecular formula is C22H28BrClN3O10P. The Morgan fingerprint density at radius 3 is 2.63 bits per heavy atom. The van der Waals surface area contributed by atoms with Crippen molar-refractivity contribution in [3.63, 3.8) is 0 Å². The van der Waals surface area contributed by atoms with Gasteiger partial charge in [0.25, 0.3) is 5.56 Å². The maximum Gasteiger partial charge on any atom is 0.459 e. The number of esters is 1. The van der Waals surface area contributed by atoms with Crippen molar-refractivity contribution in [2.75, 3.05) is 20.3 Å². The van der Waals surface area contributed by atoms with Crippen molar-refractivity contribution < 1.29 is 37.7 Å². The number of hydrogen-bond donors (Lipinski definition) is 3. The van der Waals surface area contributed by atoms with Crippen molar-refractivity contribution in [3.8, 4) is 5.75 Å². The van der Waals surface area contributed by atoms with Gasteiger partial charge >= 0.3 is 19.4 Å². The number of nitrogens with zero attached hydrogens (tertiary/aromatic N) is 1. The molecule has 3 N–H and O–H groups in total. The predicted octanol–water partition coefficient (Wildman–Crippen LogP) is 1.88. The molecule has 13 nitrogen and oxygen atoms in total. The summed E-state index contributed by atoms with van der Waals surface area (Å²) in [6.45, 7) is 2.67. The summed E-state index contributed by atoms with van der Waals surface area (Å²) in [5.74, 6) is -0.556. The van der Waals surface area contributed by atoms with E-state index in [-0.39, 0.29) is 12.4 Å². The zero-order valence-corrected chi connectivity index (χ0v) is 23.9. The number of para-hydroxylation sites is 1. The number of aliphatic hydroxyl groups excluding tert-OH is 1. The molecule has 3 unspecified atom stereocenters. The summed E-state index contributed by atoms with van der Waals surface area (Å²) in [7, 11) is -2.83. The smallest absolute Gasteiger partial charge is 0.459 e. The first kappa shape index (κ1) is 30.5. The summed E-state index contributed by atoms with van der Waals surface area (Å²) in [4.78, 5) is 38.2. The fraction of sp³-hybridized carbons (Fsp3) is 0.500. The van der Waals surface area contributed by atoms with Crippen LogP contribution in [0.15, 0.2) is 52.2 Å². The number of methoxy groups -OCH3 is 1. The molecule has 1 fully saturated rings. The SMILES string of the molecule is COCC(C)OC(=O)[C@H](C)NP(=O)(OC[C@H]1OC(n2ccc(=O)[nH]c2=O)[C@](Cl)(Br)[C@@H]1O)Oc1ccccc1. The molecule has 1 aliphatic heterocycles. The van der Waals surface area contributed by atoms with Gasteiger partial charge in [0.15, 0.2) is 10.0 Å². The molecule has 16 heteroatoms. The Labute approximate surface area is 231 Å². The molecule has 0 bridgehead atoms. The van der Waals surface area contributed by atoms with Crippen LogP contribution in [0.4, 0.5) is 0 Å². The number of carbonyl (C=O) groups excluding carboxylic acids is 1. The van der Waals surface area contributed by atoms with E-state index in [2.05, 4.69) is 26.0 Å². The standard InChI is InChI=1S/C22H28BrClN3O10P/c1-13(11-33-3)35-19(30)14(2)26-38(32,37-15-7-5-4-6-8-15)34-12-16-18(29)22(23,24)20(36-16)27-10-9-17(28)25-21(27)31/h4-10,13-14,16,18,20,29H,11-12H2,1-3H3,(H,26,32)(H,25,28,31)/t13?,14-,16+,18+,20?,22-,38?/m0/s1. The van der Waals surface area contributed by atoms with Gasteiger partial charge in [-0.3, -0.25) is 23.7 Å². The topological polar surface area (TPSA) is 167 Å². The van der Waals surface area contributed by atoms with Crippen LogP contribution in [0.2, 0.25) is 0 Å². The highest BCUT2D eigenvalue weighted by molar-refractivity contribution is 9.10. The highest BCUT2D eigenvalue weighted by Gasteiger charge is 2.55. The third kappa shape index (κ3) is 7.54. The van der Waals surface area contributed by atoms with Crippen molar-refractivity contribution >= 4 is 41.2 Å². The van der Waals surface area contributed by atoms with Gasteiger partial charge in [0.2, 0.25) is 0 Å². The van der Waals surface area contributed by atoms with Crippen LogP contribution in [0.5, 0.6) is 5.75 Å². The van der Waals surface area contributed by atoms with E-state index in [0.717, 1.165) is 16.8 Å². The average Bonchev–Trinajstić information content (AvgIpc) is 3.07. The van der Waals surface area contributed by atoms with E-state index in [1.165, 1.54) is 26.2 Å². The number of benzene rings is 1. The summed E-state index contributed by atoms with van der Waals surface area (Å²) >= 11 is 9.62. The average molecular weight is 641 g/mol. The minimum Gasteiger partial charge on any atom is -0.459 e. The van der Waals surface area contributed by atoms with E-state index in [1.54, 1.807) is 25.1 Å². The lowest BCUT2D eigenvalue weighted by Crippen LogP contribution is -2.41. The number of aromatic amines is 1. The maximum absolute atomic E-state index is 13.7. The molecule has 1 saturated heterocycles. The minimum absolute atomic E-state index is 0.163. The van der Waals surface area contributed by atoms with E-state index >= 15 is 0 Å². The van der Waals surface area contributed by atoms with Gasteiger partial charge in [-0.1, -0.05) is 45.7 Å². The number of nitrogens with one attached hydrogen (secondary N) is 2. The van der Waals surface area contributed by atoms with Crippen LogP contribution in [0.1, 0.15) is 20.1 Å². The van der Waals surface area contributed by atoms with Crippen LogP contribution in [0.3, 0.4) is 0 Å². The molecule has 2 aromatic rings. The van der Waals surface area contributed by atoms with Crippen molar-refractivity contribution in [1.29, 1.82) is 0 Å². The first-order valence-electron chi connectivity index (χ1n) is 11.4. The van der Waals surface area contributed by atoms with Crippen LogP contribution in [0, 0.1) is 0 Å². The second-order valence-corrected chi connectivity index (χ2v) is 12.5. The van der Waals surface area contributed by atoms with Crippen molar-refractivity contribution in [2.24, 2.45) is 0 Å². The Hall–Kier alpha value is -2.03. The summed E-state index contributed by atoms with van der Waals surface area (Å²) in [6, 6.07) is 8.03. The largest absolute Gasteiger partial charge is 0.459 e. The Morgan fingerprint density at radius 2 is 2.00 bits per heavy atom. The molecule has 38 heavy (non-hydrogen) atoms. The fourth-order valence-corrected chi connectivity index (χ4v) is 5.88. The zero-order chi connectivity index (χ0) is 28.1. The number of aliphatic hydroxyl groups is 1. The maximum atomic E-state index is 13.7. The lowest BCUT2D eigenvalue weighted by molar-refractivity contribution is -0.152. The number of alkyl halides is 2. The molecule has 0 aliphatic carbocycles. The molecule has 1 aromatic carbocycles. The molecule has 2 heterocycles. The van der Waals surface area contributed by atoms with E-state index < -0.39 is 65.9 Å². The lowest BCUT2D eigenvalue weighted by atomic mass is 10.2. The zero-order valence-electron chi connectivity index (χ0n) is 20.6. The van der Waals surface area contributed by atoms with Gasteiger partial charge in [-0.05, 0) is 26.0 Å². The summed E-state index contributed by atoms with van der Waals surface area (Å²) < 4.78 is 40.1. The van der Waals surface area contributed by atoms with Crippen LogP contribution in [-0.2, 0) is 28.1 Å². The molecule has 0 saturated carbocycles. The normalized spacial score (nSPS) is 26.3. The summed E-state index contributed by atoms with van der Waals surface area (Å²) in [6.07, 6.45) is -3.37. The van der Waals surface area contributed by atoms with Gasteiger partial charge in [-0.25, -0.2) is 9.36 Å². The molecule has 210 valence electrons. The minimum atomic E-state index is -4.29. The number of rotatable bonds is 12. The Bertz CT molecular complexity index is 1260. The van der Waals surface area contributed by atoms with Gasteiger partial charge in [-0.15, -0.1) is 0 Å². The van der Waals surface area contributed by atoms with Crippen LogP contribution in [-0.4, -0.2) is 69.1 Å². The highest BCUT2D eigenvalue weighted by Crippen LogP contribution is 2.50. The van der Waals surface area contributed by atoms with E-state index in [1.807, 2.05) is 0 Å². The van der Waals surface area contributed by atoms with E-state index in [9.17, 15) is 24.1 Å². The van der Waals surface area contributed by atoms with Crippen molar-refractivity contribution in [3.05, 3.63) is 63.4 Å². The molecule has 3 rings (SSSR count). The Morgan fingerprint density at radius 1 is 1.32 bits per heavy atom. The van der Waals surface area contributed by atoms with E-state index in [4.69, 9.17) is 34.9 Å². The second-order valence-electron chi connectivity index (χ2n) is 8.41. The predicted molar refractivity (Wildman–Crippen MR) is 139 cm³/mol. The molecular weight excluding hydrogens is 613 g/mol. The third-order valence-electron chi connectivity index (χ3n) is 5.28. The van der Waals surface area contributed by atoms with Crippen LogP contribution < -0.4 is 20.9 Å². The van der Waals surface area contributed by atoms with Gasteiger partial charge in [0, 0.05) is 19.4 Å². The number of H-pyrrole nitrogens is 1. The van der Waals surface area contributed by atoms with Gasteiger partial charge in [0.05, 0.1) is 13.2 Å². The van der Waals surface area contributed by atoms with Crippen molar-refractivity contribution in [2.45, 2.75) is 48.2 Å². The highest BCUT2D eigenvalue weighted by atomic mass is 79.9. The number of ether oxygens (including phenoxy) is 3.